The molecule has 0 radical (unpaired) electrons. The van der Waals surface area contributed by atoms with Crippen molar-refractivity contribution in [1.82, 2.24) is 14.5 Å². The Bertz CT molecular complexity index is 991. The van der Waals surface area contributed by atoms with Gasteiger partial charge in [-0.3, -0.25) is 14.6 Å². The van der Waals surface area contributed by atoms with Crippen LogP contribution in [0.15, 0.2) is 35.4 Å². The number of hydrogen-bond acceptors (Lipinski definition) is 3. The lowest BCUT2D eigenvalue weighted by molar-refractivity contribution is 0.0699. The fraction of sp³-hybridized carbons (Fsp3) is 0.560. The molecule has 1 aliphatic heterocycles. The van der Waals surface area contributed by atoms with E-state index in [4.69, 9.17) is 0 Å². The molecule has 158 valence electrons. The molecule has 0 aromatic carbocycles. The third kappa shape index (κ3) is 3.59. The first kappa shape index (κ1) is 19.5. The van der Waals surface area contributed by atoms with Gasteiger partial charge in [-0.25, -0.2) is 0 Å². The molecule has 5 heteroatoms. The summed E-state index contributed by atoms with van der Waals surface area (Å²) >= 11 is 0. The molecule has 2 aromatic rings. The van der Waals surface area contributed by atoms with Crippen molar-refractivity contribution in [2.24, 2.45) is 11.8 Å². The highest BCUT2D eigenvalue weighted by atomic mass is 16.2. The summed E-state index contributed by atoms with van der Waals surface area (Å²) in [5.74, 6) is 1.16. The highest BCUT2D eigenvalue weighted by Crippen LogP contribution is 2.38. The zero-order valence-corrected chi connectivity index (χ0v) is 17.8. The molecular formula is C25H31N3O2. The van der Waals surface area contributed by atoms with Crippen molar-refractivity contribution in [3.05, 3.63) is 63.3 Å². The van der Waals surface area contributed by atoms with Crippen LogP contribution in [-0.2, 0) is 13.0 Å². The van der Waals surface area contributed by atoms with Gasteiger partial charge in [-0.1, -0.05) is 31.7 Å². The van der Waals surface area contributed by atoms with E-state index < -0.39 is 0 Å². The van der Waals surface area contributed by atoms with Crippen LogP contribution in [-0.4, -0.2) is 32.9 Å². The largest absolute Gasteiger partial charge is 0.343 e. The summed E-state index contributed by atoms with van der Waals surface area (Å²) in [5.41, 5.74) is 3.30. The number of amides is 1. The van der Waals surface area contributed by atoms with Gasteiger partial charge in [0.1, 0.15) is 5.56 Å². The zero-order valence-electron chi connectivity index (χ0n) is 17.8. The van der Waals surface area contributed by atoms with Gasteiger partial charge < -0.3 is 9.47 Å². The van der Waals surface area contributed by atoms with Crippen molar-refractivity contribution in [3.63, 3.8) is 0 Å². The Hall–Kier alpha value is -2.43. The second-order valence-electron chi connectivity index (χ2n) is 9.56. The predicted octanol–water partition coefficient (Wildman–Crippen LogP) is 3.96. The Morgan fingerprint density at radius 2 is 2.03 bits per heavy atom. The van der Waals surface area contributed by atoms with Crippen molar-refractivity contribution in [3.8, 4) is 0 Å². The molecule has 0 N–H and O–H groups in total. The van der Waals surface area contributed by atoms with Crippen LogP contribution >= 0.6 is 0 Å². The molecule has 2 aliphatic carbocycles. The average Bonchev–Trinajstić information content (AvgIpc) is 3.50. The van der Waals surface area contributed by atoms with Gasteiger partial charge >= 0.3 is 0 Å². The number of likely N-dealkylation sites (tertiary alicyclic amines) is 1. The monoisotopic (exact) mass is 405 g/mol. The highest BCUT2D eigenvalue weighted by Gasteiger charge is 2.41. The van der Waals surface area contributed by atoms with Crippen LogP contribution in [0.25, 0.3) is 0 Å². The molecule has 2 atom stereocenters. The van der Waals surface area contributed by atoms with Gasteiger partial charge in [-0.15, -0.1) is 0 Å². The van der Waals surface area contributed by atoms with Gasteiger partial charge in [0.25, 0.3) is 5.91 Å². The van der Waals surface area contributed by atoms with E-state index in [-0.39, 0.29) is 11.3 Å². The zero-order chi connectivity index (χ0) is 20.7. The second kappa shape index (κ2) is 8.01. The third-order valence-electron chi connectivity index (χ3n) is 7.53. The third-order valence-corrected chi connectivity index (χ3v) is 7.53. The number of piperidine rings is 1. The van der Waals surface area contributed by atoms with Crippen LogP contribution in [0.4, 0.5) is 0 Å². The molecule has 3 aliphatic rings. The lowest BCUT2D eigenvalue weighted by atomic mass is 9.96. The number of carbonyl (C=O) groups is 1. The lowest BCUT2D eigenvalue weighted by Gasteiger charge is -2.29. The number of aromatic nitrogens is 2. The van der Waals surface area contributed by atoms with Crippen LogP contribution in [0, 0.1) is 18.8 Å². The number of nitrogens with zero attached hydrogens (tertiary/aromatic N) is 3. The Morgan fingerprint density at radius 1 is 1.20 bits per heavy atom. The summed E-state index contributed by atoms with van der Waals surface area (Å²) in [6, 6.07) is 5.99. The first-order valence-corrected chi connectivity index (χ1v) is 11.5. The summed E-state index contributed by atoms with van der Waals surface area (Å²) in [5, 5.41) is 0. The van der Waals surface area contributed by atoms with E-state index in [2.05, 4.69) is 15.6 Å². The lowest BCUT2D eigenvalue weighted by Crippen LogP contribution is -2.41. The summed E-state index contributed by atoms with van der Waals surface area (Å²) in [6.07, 6.45) is 12.8. The molecule has 2 bridgehead atoms. The van der Waals surface area contributed by atoms with Crippen molar-refractivity contribution in [2.75, 3.05) is 6.54 Å². The predicted molar refractivity (Wildman–Crippen MR) is 117 cm³/mol. The van der Waals surface area contributed by atoms with Crippen LogP contribution in [0.5, 0.6) is 0 Å². The minimum atomic E-state index is -0.101. The normalized spacial score (nSPS) is 23.4. The van der Waals surface area contributed by atoms with Gasteiger partial charge in [0.05, 0.1) is 0 Å². The molecule has 1 amide bonds. The van der Waals surface area contributed by atoms with Crippen molar-refractivity contribution in [2.45, 2.75) is 70.9 Å². The average molecular weight is 406 g/mol. The molecule has 1 saturated heterocycles. The summed E-state index contributed by atoms with van der Waals surface area (Å²) < 4.78 is 2.21. The minimum Gasteiger partial charge on any atom is -0.343 e. The fourth-order valence-electron chi connectivity index (χ4n) is 5.97. The summed E-state index contributed by atoms with van der Waals surface area (Å²) in [4.78, 5) is 33.1. The molecule has 2 saturated carbocycles. The molecule has 5 nitrogen and oxygen atoms in total. The maximum atomic E-state index is 13.7. The Morgan fingerprint density at radius 3 is 2.70 bits per heavy atom. The van der Waals surface area contributed by atoms with Crippen molar-refractivity contribution in [1.29, 1.82) is 0 Å². The van der Waals surface area contributed by atoms with E-state index in [0.29, 0.717) is 30.0 Å². The van der Waals surface area contributed by atoms with Gasteiger partial charge in [0, 0.05) is 49.0 Å². The maximum Gasteiger partial charge on any atom is 0.259 e. The first-order valence-electron chi connectivity index (χ1n) is 11.5. The maximum absolute atomic E-state index is 13.7. The van der Waals surface area contributed by atoms with Crippen LogP contribution in [0.2, 0.25) is 0 Å². The van der Waals surface area contributed by atoms with Gasteiger partial charge in [-0.05, 0) is 56.1 Å². The number of pyridine rings is 2. The number of aryl methyl sites for hydroxylation is 1. The topological polar surface area (TPSA) is 55.2 Å². The molecule has 0 unspecified atom stereocenters. The van der Waals surface area contributed by atoms with E-state index >= 15 is 0 Å². The number of carbonyl (C=O) groups excluding carboxylic acids is 1. The van der Waals surface area contributed by atoms with Crippen LogP contribution < -0.4 is 5.43 Å². The van der Waals surface area contributed by atoms with Crippen LogP contribution in [0.3, 0.4) is 0 Å². The Labute approximate surface area is 178 Å². The van der Waals surface area contributed by atoms with E-state index in [0.717, 1.165) is 42.8 Å². The van der Waals surface area contributed by atoms with E-state index in [1.807, 2.05) is 24.1 Å². The number of fused-ring (bicyclic) bond motifs is 2. The molecule has 0 spiro atoms. The van der Waals surface area contributed by atoms with Gasteiger partial charge in [0.2, 0.25) is 0 Å². The minimum absolute atomic E-state index is 0.0277. The standard InChI is InChI=1S/C25H31N3O2/c1-17-11-23(29)24(25(30)28-15-19-8-9-21(28)12-19)22(13-18-5-2-3-6-18)27(17)16-20-7-4-10-26-14-20/h4,7,10-11,14,18-19,21H,2-3,5-6,8-9,12-13,15-16H2,1H3/t19-,21-/m0/s1. The van der Waals surface area contributed by atoms with Crippen molar-refractivity contribution < 1.29 is 4.79 Å². The number of hydrogen-bond donors (Lipinski definition) is 0. The van der Waals surface area contributed by atoms with E-state index in [9.17, 15) is 9.59 Å². The molecule has 2 aromatic heterocycles. The highest BCUT2D eigenvalue weighted by molar-refractivity contribution is 5.95. The number of rotatable bonds is 5. The van der Waals surface area contributed by atoms with Crippen LogP contribution in [0.1, 0.15) is 72.3 Å². The van der Waals surface area contributed by atoms with Gasteiger partial charge in [-0.2, -0.15) is 0 Å². The molecule has 3 heterocycles. The fourth-order valence-corrected chi connectivity index (χ4v) is 5.97. The SMILES string of the molecule is Cc1cc(=O)c(C(=O)N2C[C@H]3CC[C@H]2C3)c(CC2CCCC2)n1Cc1cccnc1. The molecule has 30 heavy (non-hydrogen) atoms. The van der Waals surface area contributed by atoms with Crippen molar-refractivity contribution >= 4 is 5.91 Å². The van der Waals surface area contributed by atoms with Gasteiger partial charge in [0.15, 0.2) is 5.43 Å². The molecule has 3 fully saturated rings. The first-order chi connectivity index (χ1) is 14.6. The summed E-state index contributed by atoms with van der Waals surface area (Å²) in [7, 11) is 0. The summed E-state index contributed by atoms with van der Waals surface area (Å²) in [6.45, 7) is 3.46. The van der Waals surface area contributed by atoms with E-state index in [1.54, 1.807) is 12.3 Å². The van der Waals surface area contributed by atoms with E-state index in [1.165, 1.54) is 32.1 Å². The molecular weight excluding hydrogens is 374 g/mol. The Balaban J connectivity index is 1.58. The molecule has 5 rings (SSSR count). The Kier molecular flexibility index (Phi) is 5.21. The quantitative estimate of drug-likeness (QED) is 0.757. The second-order valence-corrected chi connectivity index (χ2v) is 9.56. The smallest absolute Gasteiger partial charge is 0.259 e.